The number of anilines is 1. The van der Waals surface area contributed by atoms with Crippen LogP contribution in [0.25, 0.3) is 11.3 Å². The fourth-order valence-corrected chi connectivity index (χ4v) is 3.90. The van der Waals surface area contributed by atoms with Crippen LogP contribution in [0, 0.1) is 0 Å². The molecular weight excluding hydrogens is 380 g/mol. The van der Waals surface area contributed by atoms with Crippen molar-refractivity contribution in [2.24, 2.45) is 0 Å². The maximum absolute atomic E-state index is 13.4. The molecule has 1 amide bonds. The van der Waals surface area contributed by atoms with E-state index in [1.807, 2.05) is 36.4 Å². The van der Waals surface area contributed by atoms with E-state index in [1.54, 1.807) is 23.1 Å². The first-order valence-corrected chi connectivity index (χ1v) is 9.83. The third-order valence-electron chi connectivity index (χ3n) is 5.40. The Bertz CT molecular complexity index is 1080. The average molecular weight is 402 g/mol. The second-order valence-corrected chi connectivity index (χ2v) is 7.38. The van der Waals surface area contributed by atoms with Crippen molar-refractivity contribution < 1.29 is 14.7 Å². The number of nitrogen functional groups attached to an aromatic ring is 1. The van der Waals surface area contributed by atoms with Gasteiger partial charge in [0.1, 0.15) is 0 Å². The summed E-state index contributed by atoms with van der Waals surface area (Å²) in [6, 6.07) is 16.4. The number of aromatic carboxylic acids is 1. The molecule has 7 nitrogen and oxygen atoms in total. The Morgan fingerprint density at radius 3 is 2.67 bits per heavy atom. The molecular formula is C23H22N4O3. The average Bonchev–Trinajstić information content (AvgIpc) is 2.79. The van der Waals surface area contributed by atoms with Crippen LogP contribution in [0.5, 0.6) is 0 Å². The zero-order valence-corrected chi connectivity index (χ0v) is 16.4. The molecule has 1 aromatic heterocycles. The summed E-state index contributed by atoms with van der Waals surface area (Å²) in [7, 11) is 0. The third-order valence-corrected chi connectivity index (χ3v) is 5.40. The number of carboxylic acids is 1. The Kier molecular flexibility index (Phi) is 5.43. The van der Waals surface area contributed by atoms with E-state index < -0.39 is 5.97 Å². The van der Waals surface area contributed by atoms with Gasteiger partial charge >= 0.3 is 5.97 Å². The van der Waals surface area contributed by atoms with Gasteiger partial charge in [0.05, 0.1) is 16.8 Å². The molecule has 1 aliphatic heterocycles. The van der Waals surface area contributed by atoms with Crippen LogP contribution in [0.4, 0.5) is 5.95 Å². The fraction of sp³-hybridized carbons (Fsp3) is 0.217. The topological polar surface area (TPSA) is 109 Å². The summed E-state index contributed by atoms with van der Waals surface area (Å²) in [5.74, 6) is -0.899. The molecule has 4 rings (SSSR count). The van der Waals surface area contributed by atoms with Gasteiger partial charge in [0.2, 0.25) is 5.95 Å². The Labute approximate surface area is 174 Å². The van der Waals surface area contributed by atoms with E-state index in [-0.39, 0.29) is 23.3 Å². The third kappa shape index (κ3) is 4.00. The van der Waals surface area contributed by atoms with Crippen molar-refractivity contribution in [1.29, 1.82) is 0 Å². The Morgan fingerprint density at radius 1 is 1.10 bits per heavy atom. The lowest BCUT2D eigenvalue weighted by Crippen LogP contribution is -2.39. The van der Waals surface area contributed by atoms with Gasteiger partial charge in [-0.3, -0.25) is 4.79 Å². The molecule has 2 heterocycles. The number of amides is 1. The van der Waals surface area contributed by atoms with Crippen molar-refractivity contribution in [1.82, 2.24) is 14.9 Å². The summed E-state index contributed by atoms with van der Waals surface area (Å²) >= 11 is 0. The number of hydrogen-bond acceptors (Lipinski definition) is 5. The number of piperidine rings is 1. The van der Waals surface area contributed by atoms with E-state index in [4.69, 9.17) is 5.73 Å². The first-order valence-electron chi connectivity index (χ1n) is 9.83. The molecule has 1 aliphatic rings. The predicted octanol–water partition coefficient (Wildman–Crippen LogP) is 3.44. The Hall–Kier alpha value is -3.74. The van der Waals surface area contributed by atoms with E-state index in [1.165, 1.54) is 6.20 Å². The van der Waals surface area contributed by atoms with Crippen molar-refractivity contribution in [3.8, 4) is 11.3 Å². The van der Waals surface area contributed by atoms with E-state index >= 15 is 0 Å². The number of likely N-dealkylation sites (tertiary alicyclic amines) is 1. The molecule has 3 N–H and O–H groups in total. The van der Waals surface area contributed by atoms with Gasteiger partial charge in [-0.15, -0.1) is 0 Å². The standard InChI is InChI=1S/C23H22N4O3/c24-23-25-13-19(20(26-23)15-6-2-1-3-7-15)21(28)27-11-5-10-18(14-27)16-8-4-9-17(12-16)22(29)30/h1-4,6-9,12-13,18H,5,10-11,14H2,(H,29,30)(H2,24,25,26)/t18-/m0/s1. The molecule has 0 saturated carbocycles. The first kappa shape index (κ1) is 19.6. The SMILES string of the molecule is Nc1ncc(C(=O)N2CCC[C@H](c3cccc(C(=O)O)c3)C2)c(-c2ccccc2)n1. The van der Waals surface area contributed by atoms with Gasteiger partial charge in [-0.05, 0) is 30.5 Å². The lowest BCUT2D eigenvalue weighted by molar-refractivity contribution is 0.0687. The number of benzene rings is 2. The van der Waals surface area contributed by atoms with Crippen LogP contribution in [0.3, 0.4) is 0 Å². The molecule has 3 aromatic rings. The largest absolute Gasteiger partial charge is 0.478 e. The molecule has 0 unspecified atom stereocenters. The number of carbonyl (C=O) groups excluding carboxylic acids is 1. The number of nitrogens with zero attached hydrogens (tertiary/aromatic N) is 3. The molecule has 152 valence electrons. The van der Waals surface area contributed by atoms with Crippen molar-refractivity contribution in [2.45, 2.75) is 18.8 Å². The van der Waals surface area contributed by atoms with Crippen molar-refractivity contribution in [3.63, 3.8) is 0 Å². The maximum atomic E-state index is 13.4. The van der Waals surface area contributed by atoms with Crippen molar-refractivity contribution >= 4 is 17.8 Å². The highest BCUT2D eigenvalue weighted by atomic mass is 16.4. The number of aromatic nitrogens is 2. The maximum Gasteiger partial charge on any atom is 0.335 e. The molecule has 0 aliphatic carbocycles. The quantitative estimate of drug-likeness (QED) is 0.692. The molecule has 1 atom stereocenters. The van der Waals surface area contributed by atoms with Gasteiger partial charge in [-0.1, -0.05) is 42.5 Å². The Morgan fingerprint density at radius 2 is 1.90 bits per heavy atom. The molecule has 0 bridgehead atoms. The highest BCUT2D eigenvalue weighted by Crippen LogP contribution is 2.30. The summed E-state index contributed by atoms with van der Waals surface area (Å²) in [6.07, 6.45) is 3.22. The number of carboxylic acid groups (broad SMARTS) is 1. The lowest BCUT2D eigenvalue weighted by atomic mass is 9.89. The number of rotatable bonds is 4. The van der Waals surface area contributed by atoms with E-state index in [0.29, 0.717) is 24.3 Å². The van der Waals surface area contributed by atoms with Crippen molar-refractivity contribution in [3.05, 3.63) is 77.5 Å². The second-order valence-electron chi connectivity index (χ2n) is 7.38. The van der Waals surface area contributed by atoms with Crippen LogP contribution in [-0.2, 0) is 0 Å². The molecule has 0 radical (unpaired) electrons. The van der Waals surface area contributed by atoms with Crippen LogP contribution in [0.1, 0.15) is 45.0 Å². The van der Waals surface area contributed by atoms with Gasteiger partial charge in [-0.2, -0.15) is 0 Å². The van der Waals surface area contributed by atoms with Gasteiger partial charge in [0.25, 0.3) is 5.91 Å². The second kappa shape index (κ2) is 8.32. The minimum Gasteiger partial charge on any atom is -0.478 e. The van der Waals surface area contributed by atoms with Crippen molar-refractivity contribution in [2.75, 3.05) is 18.8 Å². The van der Waals surface area contributed by atoms with E-state index in [2.05, 4.69) is 9.97 Å². The minimum absolute atomic E-state index is 0.0804. The van der Waals surface area contributed by atoms with Crippen LogP contribution >= 0.6 is 0 Å². The predicted molar refractivity (Wildman–Crippen MR) is 113 cm³/mol. The monoisotopic (exact) mass is 402 g/mol. The highest BCUT2D eigenvalue weighted by Gasteiger charge is 2.28. The van der Waals surface area contributed by atoms with Crippen LogP contribution < -0.4 is 5.73 Å². The zero-order chi connectivity index (χ0) is 21.1. The van der Waals surface area contributed by atoms with E-state index in [9.17, 15) is 14.7 Å². The molecule has 0 spiro atoms. The van der Waals surface area contributed by atoms with E-state index in [0.717, 1.165) is 24.0 Å². The number of hydrogen-bond donors (Lipinski definition) is 2. The Balaban J connectivity index is 1.62. The summed E-state index contributed by atoms with van der Waals surface area (Å²) < 4.78 is 0. The summed E-state index contributed by atoms with van der Waals surface area (Å²) in [5, 5.41) is 9.27. The van der Waals surface area contributed by atoms with Crippen LogP contribution in [0.2, 0.25) is 0 Å². The van der Waals surface area contributed by atoms with Crippen LogP contribution in [-0.4, -0.2) is 44.9 Å². The normalized spacial score (nSPS) is 16.3. The number of nitrogens with two attached hydrogens (primary N) is 1. The molecule has 1 fully saturated rings. The molecule has 30 heavy (non-hydrogen) atoms. The fourth-order valence-electron chi connectivity index (χ4n) is 3.90. The molecule has 7 heteroatoms. The van der Waals surface area contributed by atoms with Crippen LogP contribution in [0.15, 0.2) is 60.8 Å². The minimum atomic E-state index is -0.952. The molecule has 2 aromatic carbocycles. The van der Waals surface area contributed by atoms with Gasteiger partial charge in [0.15, 0.2) is 0 Å². The smallest absolute Gasteiger partial charge is 0.335 e. The highest BCUT2D eigenvalue weighted by molar-refractivity contribution is 6.00. The van der Waals surface area contributed by atoms with Gasteiger partial charge < -0.3 is 15.7 Å². The molecule has 1 saturated heterocycles. The van der Waals surface area contributed by atoms with Gasteiger partial charge in [-0.25, -0.2) is 14.8 Å². The zero-order valence-electron chi connectivity index (χ0n) is 16.4. The first-order chi connectivity index (χ1) is 14.5. The van der Waals surface area contributed by atoms with Gasteiger partial charge in [0, 0.05) is 30.8 Å². The summed E-state index contributed by atoms with van der Waals surface area (Å²) in [6.45, 7) is 1.15. The number of carbonyl (C=O) groups is 2. The summed E-state index contributed by atoms with van der Waals surface area (Å²) in [4.78, 5) is 34.8. The summed E-state index contributed by atoms with van der Waals surface area (Å²) in [5.41, 5.74) is 8.71. The lowest BCUT2D eigenvalue weighted by Gasteiger charge is -2.33.